The highest BCUT2D eigenvalue weighted by Gasteiger charge is 2.14. The van der Waals surface area contributed by atoms with E-state index in [-0.39, 0.29) is 5.39 Å². The van der Waals surface area contributed by atoms with Crippen molar-refractivity contribution >= 4 is 21.8 Å². The fourth-order valence-electron chi connectivity index (χ4n) is 1.88. The molecule has 1 aromatic carbocycles. The number of aromatic amines is 1. The molecule has 0 fully saturated rings. The first kappa shape index (κ1) is 9.08. The summed E-state index contributed by atoms with van der Waals surface area (Å²) in [6.07, 6.45) is 0. The van der Waals surface area contributed by atoms with Gasteiger partial charge in [0.25, 0.3) is 5.56 Å². The molecule has 0 aliphatic rings. The summed E-state index contributed by atoms with van der Waals surface area (Å²) >= 11 is 0. The number of fused-ring (bicyclic) bond motifs is 3. The number of nitrogens with zero attached hydrogens (tertiary/aromatic N) is 2. The van der Waals surface area contributed by atoms with Crippen molar-refractivity contribution in [3.05, 3.63) is 40.6 Å². The average Bonchev–Trinajstić information content (AvgIpc) is 2.57. The van der Waals surface area contributed by atoms with E-state index in [1.165, 1.54) is 7.05 Å². The Morgan fingerprint density at radius 1 is 1.38 bits per heavy atom. The Hall–Kier alpha value is -2.17. The molecule has 0 aliphatic heterocycles. The van der Waals surface area contributed by atoms with Crippen LogP contribution in [0.3, 0.4) is 0 Å². The third-order valence-electron chi connectivity index (χ3n) is 2.63. The van der Waals surface area contributed by atoms with Crippen LogP contribution in [-0.4, -0.2) is 14.8 Å². The molecule has 2 heterocycles. The fraction of sp³-hybridized carbons (Fsp3) is 0.0909. The highest BCUT2D eigenvalue weighted by Crippen LogP contribution is 2.20. The van der Waals surface area contributed by atoms with Crippen LogP contribution < -0.4 is 5.56 Å². The van der Waals surface area contributed by atoms with E-state index in [1.54, 1.807) is 12.1 Å². The molecule has 1 N–H and O–H groups in total. The third kappa shape index (κ3) is 1.02. The van der Waals surface area contributed by atoms with Crippen LogP contribution in [-0.2, 0) is 7.05 Å². The zero-order valence-electron chi connectivity index (χ0n) is 8.49. The Labute approximate surface area is 89.3 Å². The second-order valence-corrected chi connectivity index (χ2v) is 3.64. The van der Waals surface area contributed by atoms with Crippen LogP contribution in [0.25, 0.3) is 21.8 Å². The van der Waals surface area contributed by atoms with E-state index in [0.717, 1.165) is 10.1 Å². The average molecular weight is 217 g/mol. The van der Waals surface area contributed by atoms with Crippen molar-refractivity contribution in [1.82, 2.24) is 14.8 Å². The summed E-state index contributed by atoms with van der Waals surface area (Å²) in [4.78, 5) is 14.3. The normalized spacial score (nSPS) is 11.4. The smallest absolute Gasteiger partial charge is 0.262 e. The lowest BCUT2D eigenvalue weighted by Crippen LogP contribution is -2.06. The number of benzene rings is 1. The summed E-state index contributed by atoms with van der Waals surface area (Å²) in [5.41, 5.74) is 0.622. The SMILES string of the molecule is Cn1nc2c(c1F)c(=O)[nH]c1ccccc12. The molecule has 4 nitrogen and oxygen atoms in total. The third-order valence-corrected chi connectivity index (χ3v) is 2.63. The summed E-state index contributed by atoms with van der Waals surface area (Å²) in [6.45, 7) is 0. The van der Waals surface area contributed by atoms with Gasteiger partial charge < -0.3 is 4.98 Å². The Morgan fingerprint density at radius 2 is 2.12 bits per heavy atom. The maximum absolute atomic E-state index is 13.6. The van der Waals surface area contributed by atoms with E-state index in [1.807, 2.05) is 12.1 Å². The highest BCUT2D eigenvalue weighted by atomic mass is 19.1. The highest BCUT2D eigenvalue weighted by molar-refractivity contribution is 6.02. The molecule has 80 valence electrons. The van der Waals surface area contributed by atoms with Gasteiger partial charge in [-0.05, 0) is 6.07 Å². The first-order chi connectivity index (χ1) is 7.68. The van der Waals surface area contributed by atoms with Gasteiger partial charge in [0.2, 0.25) is 5.95 Å². The minimum Gasteiger partial charge on any atom is -0.321 e. The largest absolute Gasteiger partial charge is 0.321 e. The van der Waals surface area contributed by atoms with E-state index in [4.69, 9.17) is 0 Å². The van der Waals surface area contributed by atoms with Crippen LogP contribution >= 0.6 is 0 Å². The van der Waals surface area contributed by atoms with E-state index in [2.05, 4.69) is 10.1 Å². The van der Waals surface area contributed by atoms with Gasteiger partial charge in [0, 0.05) is 12.4 Å². The van der Waals surface area contributed by atoms with Crippen molar-refractivity contribution in [1.29, 1.82) is 0 Å². The minimum atomic E-state index is -0.609. The standard InChI is InChI=1S/C11H8FN3O/c1-15-10(12)8-9(14-15)6-4-2-3-5-7(6)13-11(8)16/h2-5H,1H3,(H,13,16). The maximum atomic E-state index is 13.6. The molecule has 3 aromatic rings. The van der Waals surface area contributed by atoms with Gasteiger partial charge in [-0.1, -0.05) is 18.2 Å². The van der Waals surface area contributed by atoms with Gasteiger partial charge >= 0.3 is 0 Å². The van der Waals surface area contributed by atoms with Crippen LogP contribution in [0, 0.1) is 5.95 Å². The molecule has 3 rings (SSSR count). The number of H-pyrrole nitrogens is 1. The molecule has 0 radical (unpaired) electrons. The van der Waals surface area contributed by atoms with Crippen molar-refractivity contribution in [2.24, 2.45) is 7.05 Å². The van der Waals surface area contributed by atoms with Crippen LogP contribution in [0.15, 0.2) is 29.1 Å². The molecule has 5 heteroatoms. The molecule has 0 aliphatic carbocycles. The van der Waals surface area contributed by atoms with Crippen molar-refractivity contribution in [2.75, 3.05) is 0 Å². The summed E-state index contributed by atoms with van der Waals surface area (Å²) in [6, 6.07) is 7.21. The number of hydrogen-bond donors (Lipinski definition) is 1. The zero-order chi connectivity index (χ0) is 11.3. The second-order valence-electron chi connectivity index (χ2n) is 3.64. The van der Waals surface area contributed by atoms with Gasteiger partial charge in [-0.15, -0.1) is 0 Å². The van der Waals surface area contributed by atoms with Crippen LogP contribution in [0.2, 0.25) is 0 Å². The molecule has 0 amide bonds. The van der Waals surface area contributed by atoms with Crippen molar-refractivity contribution < 1.29 is 4.39 Å². The summed E-state index contributed by atoms with van der Waals surface area (Å²) in [5, 5.41) is 4.79. The molecule has 0 saturated carbocycles. The lowest BCUT2D eigenvalue weighted by atomic mass is 10.2. The second kappa shape index (κ2) is 2.91. The number of nitrogens with one attached hydrogen (secondary N) is 1. The first-order valence-corrected chi connectivity index (χ1v) is 4.81. The molecule has 0 saturated heterocycles. The van der Waals surface area contributed by atoms with Gasteiger partial charge in [0.1, 0.15) is 10.9 Å². The van der Waals surface area contributed by atoms with Crippen LogP contribution in [0.1, 0.15) is 0 Å². The van der Waals surface area contributed by atoms with Crippen molar-refractivity contribution in [3.8, 4) is 0 Å². The summed E-state index contributed by atoms with van der Waals surface area (Å²) in [5.74, 6) is -0.609. The molecule has 0 spiro atoms. The molecular formula is C11H8FN3O. The minimum absolute atomic E-state index is 0.0150. The summed E-state index contributed by atoms with van der Waals surface area (Å²) in [7, 11) is 1.48. The Balaban J connectivity index is 2.70. The number of pyridine rings is 1. The Bertz CT molecular complexity index is 757. The molecule has 0 unspecified atom stereocenters. The van der Waals surface area contributed by atoms with Gasteiger partial charge in [-0.3, -0.25) is 4.79 Å². The van der Waals surface area contributed by atoms with Gasteiger partial charge in [0.05, 0.1) is 5.52 Å². The first-order valence-electron chi connectivity index (χ1n) is 4.81. The quantitative estimate of drug-likeness (QED) is 0.621. The Morgan fingerprint density at radius 3 is 2.94 bits per heavy atom. The number of aryl methyl sites for hydroxylation is 1. The van der Waals surface area contributed by atoms with Gasteiger partial charge in [-0.25, -0.2) is 4.68 Å². The van der Waals surface area contributed by atoms with Crippen molar-refractivity contribution in [2.45, 2.75) is 0 Å². The fourth-order valence-corrected chi connectivity index (χ4v) is 1.88. The Kier molecular flexibility index (Phi) is 1.65. The molecule has 0 atom stereocenters. The molecule has 0 bridgehead atoms. The topological polar surface area (TPSA) is 50.7 Å². The lowest BCUT2D eigenvalue weighted by Gasteiger charge is -1.96. The van der Waals surface area contributed by atoms with Gasteiger partial charge in [0.15, 0.2) is 0 Å². The number of hydrogen-bond acceptors (Lipinski definition) is 2. The van der Waals surface area contributed by atoms with E-state index in [9.17, 15) is 9.18 Å². The van der Waals surface area contributed by atoms with Gasteiger partial charge in [-0.2, -0.15) is 9.49 Å². The van der Waals surface area contributed by atoms with Crippen LogP contribution in [0.5, 0.6) is 0 Å². The number of para-hydroxylation sites is 1. The number of halogens is 1. The monoisotopic (exact) mass is 217 g/mol. The predicted octanol–water partition coefficient (Wildman–Crippen LogP) is 1.55. The molecule has 2 aromatic heterocycles. The van der Waals surface area contributed by atoms with Crippen LogP contribution in [0.4, 0.5) is 4.39 Å². The zero-order valence-corrected chi connectivity index (χ0v) is 8.49. The van der Waals surface area contributed by atoms with Crippen molar-refractivity contribution in [3.63, 3.8) is 0 Å². The molecular weight excluding hydrogens is 209 g/mol. The lowest BCUT2D eigenvalue weighted by molar-refractivity contribution is 0.511. The van der Waals surface area contributed by atoms with E-state index >= 15 is 0 Å². The number of rotatable bonds is 0. The van der Waals surface area contributed by atoms with E-state index < -0.39 is 11.5 Å². The maximum Gasteiger partial charge on any atom is 0.262 e. The number of aromatic nitrogens is 3. The molecule has 16 heavy (non-hydrogen) atoms. The predicted molar refractivity (Wildman–Crippen MR) is 58.8 cm³/mol. The summed E-state index contributed by atoms with van der Waals surface area (Å²) < 4.78 is 14.7. The van der Waals surface area contributed by atoms with E-state index in [0.29, 0.717) is 11.0 Å².